The highest BCUT2D eigenvalue weighted by molar-refractivity contribution is 5.74. The van der Waals surface area contributed by atoms with E-state index in [1.807, 2.05) is 23.1 Å². The van der Waals surface area contributed by atoms with E-state index in [0.29, 0.717) is 26.1 Å². The third kappa shape index (κ3) is 5.23. The number of carbonyl (C=O) groups excluding carboxylic acids is 1. The normalized spacial score (nSPS) is 17.5. The molecule has 1 aliphatic rings. The molecule has 0 radical (unpaired) electrons. The van der Waals surface area contributed by atoms with E-state index in [-0.39, 0.29) is 18.0 Å². The van der Waals surface area contributed by atoms with Crippen LogP contribution in [0.3, 0.4) is 0 Å². The molecule has 0 aromatic heterocycles. The van der Waals surface area contributed by atoms with Crippen molar-refractivity contribution in [2.75, 3.05) is 26.2 Å². The van der Waals surface area contributed by atoms with Gasteiger partial charge in [-0.15, -0.1) is 0 Å². The number of benzene rings is 1. The van der Waals surface area contributed by atoms with Crippen LogP contribution >= 0.6 is 0 Å². The molecule has 1 heterocycles. The summed E-state index contributed by atoms with van der Waals surface area (Å²) in [6.45, 7) is 7.74. The zero-order valence-electron chi connectivity index (χ0n) is 14.5. The van der Waals surface area contributed by atoms with Crippen LogP contribution in [0.5, 0.6) is 0 Å². The number of carboxylic acids is 1. The number of carboxylic acid groups (broad SMARTS) is 1. The molecular weight excluding hydrogens is 306 g/mol. The van der Waals surface area contributed by atoms with Crippen LogP contribution in [0.1, 0.15) is 32.3 Å². The number of nitrogens with zero attached hydrogens (tertiary/aromatic N) is 2. The Labute approximate surface area is 143 Å². The van der Waals surface area contributed by atoms with Gasteiger partial charge in [0.2, 0.25) is 0 Å². The molecule has 2 N–H and O–H groups in total. The minimum absolute atomic E-state index is 0.0800. The molecule has 1 aromatic carbocycles. The predicted octanol–water partition coefficient (Wildman–Crippen LogP) is 2.16. The maximum absolute atomic E-state index is 12.2. The molecule has 1 fully saturated rings. The number of carbonyl (C=O) groups is 2. The fourth-order valence-electron chi connectivity index (χ4n) is 3.01. The summed E-state index contributed by atoms with van der Waals surface area (Å²) in [6.07, 6.45) is 0.537. The summed E-state index contributed by atoms with van der Waals surface area (Å²) in [5.74, 6) is -0.833. The second kappa shape index (κ2) is 8.15. The first kappa shape index (κ1) is 18.3. The van der Waals surface area contributed by atoms with E-state index in [1.165, 1.54) is 5.56 Å². The lowest BCUT2D eigenvalue weighted by Crippen LogP contribution is -2.61. The lowest BCUT2D eigenvalue weighted by Gasteiger charge is -2.47. The molecule has 0 atom stereocenters. The molecule has 6 nitrogen and oxygen atoms in total. The molecular formula is C18H27N3O3. The Kier molecular flexibility index (Phi) is 6.20. The van der Waals surface area contributed by atoms with Gasteiger partial charge in [0.15, 0.2) is 0 Å². The van der Waals surface area contributed by atoms with Crippen molar-refractivity contribution in [2.45, 2.75) is 38.8 Å². The molecule has 132 valence electrons. The summed E-state index contributed by atoms with van der Waals surface area (Å²) >= 11 is 0. The highest BCUT2D eigenvalue weighted by Gasteiger charge is 2.35. The van der Waals surface area contributed by atoms with Gasteiger partial charge in [0, 0.05) is 44.7 Å². The lowest BCUT2D eigenvalue weighted by molar-refractivity contribution is -0.137. The smallest absolute Gasteiger partial charge is 0.317 e. The molecule has 1 saturated heterocycles. The molecule has 0 bridgehead atoms. The van der Waals surface area contributed by atoms with Crippen molar-refractivity contribution in [1.29, 1.82) is 0 Å². The number of rotatable bonds is 6. The molecule has 0 aliphatic carbocycles. The zero-order valence-corrected chi connectivity index (χ0v) is 14.5. The van der Waals surface area contributed by atoms with Crippen molar-refractivity contribution < 1.29 is 14.7 Å². The van der Waals surface area contributed by atoms with Crippen LogP contribution in [0, 0.1) is 0 Å². The van der Waals surface area contributed by atoms with Crippen molar-refractivity contribution in [2.24, 2.45) is 0 Å². The van der Waals surface area contributed by atoms with E-state index < -0.39 is 5.97 Å². The Bertz CT molecular complexity index is 560. The van der Waals surface area contributed by atoms with Gasteiger partial charge in [-0.1, -0.05) is 30.3 Å². The number of aliphatic carboxylic acids is 1. The minimum atomic E-state index is -0.833. The van der Waals surface area contributed by atoms with Crippen LogP contribution in [0.2, 0.25) is 0 Å². The van der Waals surface area contributed by atoms with E-state index in [9.17, 15) is 9.59 Å². The SMILES string of the molecule is CC1(C)CN(C(=O)NCCCC(=O)O)CCN1Cc1ccccc1. The lowest BCUT2D eigenvalue weighted by atomic mass is 9.98. The Morgan fingerprint density at radius 2 is 1.92 bits per heavy atom. The summed E-state index contributed by atoms with van der Waals surface area (Å²) in [5.41, 5.74) is 1.17. The number of nitrogens with one attached hydrogen (secondary N) is 1. The number of hydrogen-bond donors (Lipinski definition) is 2. The fraction of sp³-hybridized carbons (Fsp3) is 0.556. The van der Waals surface area contributed by atoms with Crippen LogP contribution in [0.25, 0.3) is 0 Å². The second-order valence-corrected chi connectivity index (χ2v) is 6.87. The molecule has 0 spiro atoms. The van der Waals surface area contributed by atoms with Gasteiger partial charge in [-0.25, -0.2) is 4.79 Å². The molecule has 24 heavy (non-hydrogen) atoms. The van der Waals surface area contributed by atoms with Crippen LogP contribution in [0.4, 0.5) is 4.79 Å². The van der Waals surface area contributed by atoms with E-state index in [4.69, 9.17) is 5.11 Å². The molecule has 0 unspecified atom stereocenters. The number of piperazine rings is 1. The predicted molar refractivity (Wildman–Crippen MR) is 92.8 cm³/mol. The highest BCUT2D eigenvalue weighted by atomic mass is 16.4. The summed E-state index contributed by atoms with van der Waals surface area (Å²) in [6, 6.07) is 10.2. The zero-order chi connectivity index (χ0) is 17.6. The van der Waals surface area contributed by atoms with Crippen molar-refractivity contribution in [3.8, 4) is 0 Å². The van der Waals surface area contributed by atoms with E-state index in [0.717, 1.165) is 13.1 Å². The van der Waals surface area contributed by atoms with Gasteiger partial charge in [-0.3, -0.25) is 9.69 Å². The first-order valence-corrected chi connectivity index (χ1v) is 8.42. The Morgan fingerprint density at radius 1 is 1.21 bits per heavy atom. The molecule has 1 aromatic rings. The Hall–Kier alpha value is -2.08. The molecule has 1 aliphatic heterocycles. The van der Waals surface area contributed by atoms with E-state index in [1.54, 1.807) is 0 Å². The molecule has 2 rings (SSSR count). The van der Waals surface area contributed by atoms with E-state index >= 15 is 0 Å². The van der Waals surface area contributed by atoms with Crippen molar-refractivity contribution in [3.05, 3.63) is 35.9 Å². The standard InChI is InChI=1S/C18H27N3O3/c1-18(2)14-20(17(24)19-10-6-9-16(22)23)11-12-21(18)13-15-7-4-3-5-8-15/h3-5,7-8H,6,9-14H2,1-2H3,(H,19,24)(H,22,23). The van der Waals surface area contributed by atoms with Crippen LogP contribution in [-0.4, -0.2) is 58.6 Å². The molecule has 2 amide bonds. The van der Waals surface area contributed by atoms with Crippen molar-refractivity contribution in [3.63, 3.8) is 0 Å². The van der Waals surface area contributed by atoms with Crippen LogP contribution in [-0.2, 0) is 11.3 Å². The third-order valence-electron chi connectivity index (χ3n) is 4.42. The summed E-state index contributed by atoms with van der Waals surface area (Å²) in [4.78, 5) is 27.0. The maximum atomic E-state index is 12.2. The third-order valence-corrected chi connectivity index (χ3v) is 4.42. The number of amides is 2. The summed E-state index contributed by atoms with van der Waals surface area (Å²) < 4.78 is 0. The number of hydrogen-bond acceptors (Lipinski definition) is 3. The largest absolute Gasteiger partial charge is 0.481 e. The average Bonchev–Trinajstić information content (AvgIpc) is 2.53. The van der Waals surface area contributed by atoms with Gasteiger partial charge in [0.1, 0.15) is 0 Å². The van der Waals surface area contributed by atoms with Gasteiger partial charge >= 0.3 is 12.0 Å². The fourth-order valence-corrected chi connectivity index (χ4v) is 3.01. The molecule has 6 heteroatoms. The van der Waals surface area contributed by atoms with Gasteiger partial charge < -0.3 is 15.3 Å². The number of urea groups is 1. The average molecular weight is 333 g/mol. The van der Waals surface area contributed by atoms with E-state index in [2.05, 4.69) is 36.2 Å². The topological polar surface area (TPSA) is 72.9 Å². The summed E-state index contributed by atoms with van der Waals surface area (Å²) in [5, 5.41) is 11.4. The summed E-state index contributed by atoms with van der Waals surface area (Å²) in [7, 11) is 0. The van der Waals surface area contributed by atoms with Crippen molar-refractivity contribution >= 4 is 12.0 Å². The Balaban J connectivity index is 1.83. The quantitative estimate of drug-likeness (QED) is 0.783. The monoisotopic (exact) mass is 333 g/mol. The molecule has 0 saturated carbocycles. The minimum Gasteiger partial charge on any atom is -0.481 e. The van der Waals surface area contributed by atoms with Crippen molar-refractivity contribution in [1.82, 2.24) is 15.1 Å². The van der Waals surface area contributed by atoms with Gasteiger partial charge in [-0.05, 0) is 25.8 Å². The van der Waals surface area contributed by atoms with Gasteiger partial charge in [0.25, 0.3) is 0 Å². The Morgan fingerprint density at radius 3 is 2.54 bits per heavy atom. The highest BCUT2D eigenvalue weighted by Crippen LogP contribution is 2.23. The van der Waals surface area contributed by atoms with Gasteiger partial charge in [-0.2, -0.15) is 0 Å². The first-order chi connectivity index (χ1) is 11.4. The first-order valence-electron chi connectivity index (χ1n) is 8.42. The second-order valence-electron chi connectivity index (χ2n) is 6.87. The van der Waals surface area contributed by atoms with Crippen LogP contribution < -0.4 is 5.32 Å². The van der Waals surface area contributed by atoms with Crippen LogP contribution in [0.15, 0.2) is 30.3 Å². The maximum Gasteiger partial charge on any atom is 0.317 e. The van der Waals surface area contributed by atoms with Gasteiger partial charge in [0.05, 0.1) is 0 Å².